The fourth-order valence-corrected chi connectivity index (χ4v) is 2.42. The molecular weight excluding hydrogens is 250 g/mol. The molecule has 1 fully saturated rings. The van der Waals surface area contributed by atoms with Crippen LogP contribution in [0, 0.1) is 6.92 Å². The zero-order chi connectivity index (χ0) is 13.1. The summed E-state index contributed by atoms with van der Waals surface area (Å²) in [5, 5.41) is 4.14. The van der Waals surface area contributed by atoms with Crippen molar-refractivity contribution in [3.05, 3.63) is 28.3 Å². The molecule has 1 aliphatic rings. The summed E-state index contributed by atoms with van der Waals surface area (Å²) in [5.41, 5.74) is 2.37. The van der Waals surface area contributed by atoms with Gasteiger partial charge in [-0.3, -0.25) is 0 Å². The molecule has 2 atom stereocenters. The maximum absolute atomic E-state index is 6.23. The molecule has 0 bridgehead atoms. The highest BCUT2D eigenvalue weighted by Crippen LogP contribution is 2.32. The Morgan fingerprint density at radius 2 is 2.28 bits per heavy atom. The molecule has 0 saturated carbocycles. The van der Waals surface area contributed by atoms with Crippen LogP contribution in [0.4, 0.5) is 0 Å². The third-order valence-electron chi connectivity index (χ3n) is 3.19. The zero-order valence-electron chi connectivity index (χ0n) is 11.1. The Balaban J connectivity index is 2.20. The Labute approximate surface area is 113 Å². The van der Waals surface area contributed by atoms with Crippen LogP contribution in [0.15, 0.2) is 12.1 Å². The average Bonchev–Trinajstić information content (AvgIpc) is 2.35. The van der Waals surface area contributed by atoms with Gasteiger partial charge in [-0.2, -0.15) is 0 Å². The first-order chi connectivity index (χ1) is 8.61. The number of hydrogen-bond donors (Lipinski definition) is 1. The molecule has 2 unspecified atom stereocenters. The van der Waals surface area contributed by atoms with Crippen molar-refractivity contribution in [1.82, 2.24) is 5.32 Å². The first-order valence-electron chi connectivity index (χ1n) is 6.39. The zero-order valence-corrected chi connectivity index (χ0v) is 11.9. The molecule has 4 heteroatoms. The van der Waals surface area contributed by atoms with Crippen molar-refractivity contribution < 1.29 is 9.47 Å². The molecule has 1 heterocycles. The second-order valence-corrected chi connectivity index (χ2v) is 5.08. The van der Waals surface area contributed by atoms with E-state index in [0.717, 1.165) is 12.3 Å². The first kappa shape index (κ1) is 13.7. The summed E-state index contributed by atoms with van der Waals surface area (Å²) >= 11 is 6.23. The summed E-state index contributed by atoms with van der Waals surface area (Å²) in [5.74, 6) is 0.755. The topological polar surface area (TPSA) is 30.5 Å². The molecule has 0 aliphatic carbocycles. The molecule has 2 rings (SSSR count). The van der Waals surface area contributed by atoms with Crippen LogP contribution in [0.2, 0.25) is 5.02 Å². The molecule has 3 nitrogen and oxygen atoms in total. The van der Waals surface area contributed by atoms with E-state index in [4.69, 9.17) is 21.1 Å². The second-order valence-electron chi connectivity index (χ2n) is 4.68. The number of rotatable bonds is 3. The normalized spacial score (nSPS) is 24.0. The molecule has 18 heavy (non-hydrogen) atoms. The minimum atomic E-state index is 0.217. The third kappa shape index (κ3) is 2.97. The van der Waals surface area contributed by atoms with Crippen LogP contribution in [-0.2, 0) is 4.74 Å². The van der Waals surface area contributed by atoms with Crippen LogP contribution in [-0.4, -0.2) is 25.9 Å². The Morgan fingerprint density at radius 1 is 1.50 bits per heavy atom. The van der Waals surface area contributed by atoms with Crippen molar-refractivity contribution in [2.24, 2.45) is 0 Å². The lowest BCUT2D eigenvalue weighted by atomic mass is 10.00. The van der Waals surface area contributed by atoms with Gasteiger partial charge < -0.3 is 14.8 Å². The van der Waals surface area contributed by atoms with Crippen LogP contribution in [0.1, 0.15) is 31.0 Å². The number of aryl methyl sites for hydroxylation is 1. The quantitative estimate of drug-likeness (QED) is 0.915. The molecule has 0 amide bonds. The molecule has 1 N–H and O–H groups in total. The minimum Gasteiger partial charge on any atom is -0.492 e. The van der Waals surface area contributed by atoms with Crippen molar-refractivity contribution in [2.75, 3.05) is 19.8 Å². The maximum Gasteiger partial charge on any atom is 0.138 e. The van der Waals surface area contributed by atoms with E-state index in [1.54, 1.807) is 0 Å². The van der Waals surface area contributed by atoms with Gasteiger partial charge in [0.25, 0.3) is 0 Å². The SMILES string of the molecule is CCOc1cc(C)c(C2COC(C)CN2)cc1Cl. The predicted octanol–water partition coefficient (Wildman–Crippen LogP) is 3.10. The summed E-state index contributed by atoms with van der Waals surface area (Å²) < 4.78 is 11.2. The van der Waals surface area contributed by atoms with Crippen LogP contribution < -0.4 is 10.1 Å². The lowest BCUT2D eigenvalue weighted by molar-refractivity contribution is 0.0148. The fourth-order valence-electron chi connectivity index (χ4n) is 2.20. The Bertz CT molecular complexity index is 415. The van der Waals surface area contributed by atoms with E-state index >= 15 is 0 Å². The second kappa shape index (κ2) is 5.91. The number of hydrogen-bond acceptors (Lipinski definition) is 3. The van der Waals surface area contributed by atoms with Gasteiger partial charge >= 0.3 is 0 Å². The predicted molar refractivity (Wildman–Crippen MR) is 73.5 cm³/mol. The molecule has 0 radical (unpaired) electrons. The molecule has 0 aromatic heterocycles. The maximum atomic E-state index is 6.23. The van der Waals surface area contributed by atoms with Gasteiger partial charge in [-0.25, -0.2) is 0 Å². The first-order valence-corrected chi connectivity index (χ1v) is 6.77. The van der Waals surface area contributed by atoms with E-state index in [9.17, 15) is 0 Å². The van der Waals surface area contributed by atoms with E-state index < -0.39 is 0 Å². The Hall–Kier alpha value is -0.770. The highest BCUT2D eigenvalue weighted by molar-refractivity contribution is 6.32. The van der Waals surface area contributed by atoms with Gasteiger partial charge in [-0.15, -0.1) is 0 Å². The monoisotopic (exact) mass is 269 g/mol. The molecule has 1 aliphatic heterocycles. The summed E-state index contributed by atoms with van der Waals surface area (Å²) in [6.45, 7) is 8.29. The van der Waals surface area contributed by atoms with E-state index in [-0.39, 0.29) is 12.1 Å². The standard InChI is InChI=1S/C14H20ClNO2/c1-4-17-14-5-9(2)11(6-12(14)15)13-8-18-10(3)7-16-13/h5-6,10,13,16H,4,7-8H2,1-3H3. The molecule has 1 saturated heterocycles. The van der Waals surface area contributed by atoms with Gasteiger partial charge in [-0.1, -0.05) is 11.6 Å². The van der Waals surface area contributed by atoms with Crippen LogP contribution in [0.3, 0.4) is 0 Å². The summed E-state index contributed by atoms with van der Waals surface area (Å²) in [4.78, 5) is 0. The van der Waals surface area contributed by atoms with Crippen LogP contribution in [0.5, 0.6) is 5.75 Å². The fraction of sp³-hybridized carbons (Fsp3) is 0.571. The van der Waals surface area contributed by atoms with Crippen molar-refractivity contribution in [1.29, 1.82) is 0 Å². The molecule has 100 valence electrons. The van der Waals surface area contributed by atoms with E-state index in [1.165, 1.54) is 11.1 Å². The smallest absolute Gasteiger partial charge is 0.138 e. The van der Waals surface area contributed by atoms with Crippen molar-refractivity contribution in [3.63, 3.8) is 0 Å². The van der Waals surface area contributed by atoms with Gasteiger partial charge in [0.05, 0.1) is 30.4 Å². The summed E-state index contributed by atoms with van der Waals surface area (Å²) in [6.07, 6.45) is 0.278. The van der Waals surface area contributed by atoms with Gasteiger partial charge in [0.15, 0.2) is 0 Å². The molecular formula is C14H20ClNO2. The van der Waals surface area contributed by atoms with Gasteiger partial charge in [0, 0.05) is 6.54 Å². The van der Waals surface area contributed by atoms with E-state index in [0.29, 0.717) is 18.2 Å². The van der Waals surface area contributed by atoms with Crippen LogP contribution in [0.25, 0.3) is 0 Å². The molecule has 1 aromatic carbocycles. The van der Waals surface area contributed by atoms with Crippen molar-refractivity contribution in [3.8, 4) is 5.75 Å². The summed E-state index contributed by atoms with van der Waals surface area (Å²) in [6, 6.07) is 4.20. The molecule has 1 aromatic rings. The van der Waals surface area contributed by atoms with Gasteiger partial charge in [0.2, 0.25) is 0 Å². The number of nitrogens with one attached hydrogen (secondary N) is 1. The minimum absolute atomic E-state index is 0.217. The highest BCUT2D eigenvalue weighted by atomic mass is 35.5. The summed E-state index contributed by atoms with van der Waals surface area (Å²) in [7, 11) is 0. The number of halogens is 1. The lowest BCUT2D eigenvalue weighted by Crippen LogP contribution is -2.39. The largest absolute Gasteiger partial charge is 0.492 e. The van der Waals surface area contributed by atoms with Crippen molar-refractivity contribution >= 4 is 11.6 Å². The molecule has 0 spiro atoms. The van der Waals surface area contributed by atoms with Crippen molar-refractivity contribution in [2.45, 2.75) is 32.9 Å². The number of benzene rings is 1. The van der Waals surface area contributed by atoms with E-state index in [2.05, 4.69) is 19.2 Å². The highest BCUT2D eigenvalue weighted by Gasteiger charge is 2.21. The van der Waals surface area contributed by atoms with E-state index in [1.807, 2.05) is 19.1 Å². The average molecular weight is 270 g/mol. The van der Waals surface area contributed by atoms with Gasteiger partial charge in [-0.05, 0) is 44.0 Å². The van der Waals surface area contributed by atoms with Gasteiger partial charge in [0.1, 0.15) is 5.75 Å². The van der Waals surface area contributed by atoms with Crippen LogP contribution >= 0.6 is 11.6 Å². The number of ether oxygens (including phenoxy) is 2. The Kier molecular flexibility index (Phi) is 4.49. The third-order valence-corrected chi connectivity index (χ3v) is 3.49. The Morgan fingerprint density at radius 3 is 2.89 bits per heavy atom. The number of morpholine rings is 1. The lowest BCUT2D eigenvalue weighted by Gasteiger charge is -2.30.